The van der Waals surface area contributed by atoms with Crippen LogP contribution in [0.15, 0.2) is 41.3 Å². The van der Waals surface area contributed by atoms with E-state index >= 15 is 0 Å². The van der Waals surface area contributed by atoms with Gasteiger partial charge in [0.25, 0.3) is 0 Å². The maximum absolute atomic E-state index is 5.96. The zero-order valence-corrected chi connectivity index (χ0v) is 11.4. The quantitative estimate of drug-likeness (QED) is 0.802. The van der Waals surface area contributed by atoms with Crippen LogP contribution >= 0.6 is 27.5 Å². The summed E-state index contributed by atoms with van der Waals surface area (Å²) in [5, 5.41) is 0.351. The van der Waals surface area contributed by atoms with Gasteiger partial charge in [-0.3, -0.25) is 4.98 Å². The average molecular weight is 314 g/mol. The van der Waals surface area contributed by atoms with Gasteiger partial charge >= 0.3 is 0 Å². The molecule has 0 spiro atoms. The molecule has 1 unspecified atom stereocenters. The van der Waals surface area contributed by atoms with Crippen LogP contribution in [-0.4, -0.2) is 9.97 Å². The Balaban J connectivity index is 2.18. The van der Waals surface area contributed by atoms with E-state index in [-0.39, 0.29) is 6.10 Å². The second-order valence-electron chi connectivity index (χ2n) is 3.49. The molecule has 0 bridgehead atoms. The first-order chi connectivity index (χ1) is 8.16. The summed E-state index contributed by atoms with van der Waals surface area (Å²) in [6.45, 7) is 1.94. The van der Waals surface area contributed by atoms with Crippen LogP contribution in [0, 0.1) is 0 Å². The zero-order chi connectivity index (χ0) is 12.3. The van der Waals surface area contributed by atoms with Crippen molar-refractivity contribution in [2.75, 3.05) is 0 Å². The van der Waals surface area contributed by atoms with Crippen molar-refractivity contribution in [3.05, 3.63) is 52.0 Å². The summed E-state index contributed by atoms with van der Waals surface area (Å²) >= 11 is 9.28. The highest BCUT2D eigenvalue weighted by atomic mass is 79.9. The van der Waals surface area contributed by atoms with Crippen molar-refractivity contribution in [1.29, 1.82) is 0 Å². The summed E-state index contributed by atoms with van der Waals surface area (Å²) in [6.07, 6.45) is 5.00. The van der Waals surface area contributed by atoms with Gasteiger partial charge < -0.3 is 4.74 Å². The lowest BCUT2D eigenvalue weighted by Crippen LogP contribution is -2.04. The van der Waals surface area contributed by atoms with Crippen LogP contribution in [0.5, 0.6) is 5.75 Å². The van der Waals surface area contributed by atoms with Crippen LogP contribution in [0.3, 0.4) is 0 Å². The fourth-order valence-corrected chi connectivity index (χ4v) is 1.82. The topological polar surface area (TPSA) is 35.0 Å². The van der Waals surface area contributed by atoms with Gasteiger partial charge in [0.15, 0.2) is 10.9 Å². The van der Waals surface area contributed by atoms with Gasteiger partial charge in [-0.05, 0) is 35.0 Å². The van der Waals surface area contributed by atoms with E-state index in [2.05, 4.69) is 25.9 Å². The van der Waals surface area contributed by atoms with Gasteiger partial charge in [0, 0.05) is 28.6 Å². The van der Waals surface area contributed by atoms with Crippen molar-refractivity contribution in [2.24, 2.45) is 0 Å². The van der Waals surface area contributed by atoms with Crippen molar-refractivity contribution in [3.8, 4) is 5.75 Å². The molecule has 5 heteroatoms. The van der Waals surface area contributed by atoms with E-state index in [1.165, 1.54) is 0 Å². The van der Waals surface area contributed by atoms with Crippen molar-refractivity contribution < 1.29 is 4.74 Å². The van der Waals surface area contributed by atoms with Gasteiger partial charge in [0.2, 0.25) is 0 Å². The van der Waals surface area contributed by atoms with Gasteiger partial charge in [0.1, 0.15) is 6.10 Å². The monoisotopic (exact) mass is 312 g/mol. The molecule has 0 radical (unpaired) electrons. The lowest BCUT2D eigenvalue weighted by atomic mass is 10.2. The molecule has 0 N–H and O–H groups in total. The second kappa shape index (κ2) is 5.47. The van der Waals surface area contributed by atoms with E-state index in [0.29, 0.717) is 10.9 Å². The van der Waals surface area contributed by atoms with Gasteiger partial charge in [0.05, 0.1) is 0 Å². The van der Waals surface area contributed by atoms with Crippen LogP contribution in [0.4, 0.5) is 0 Å². The first-order valence-corrected chi connectivity index (χ1v) is 6.21. The molecule has 2 heterocycles. The van der Waals surface area contributed by atoms with E-state index in [1.807, 2.05) is 19.1 Å². The number of aromatic nitrogens is 2. The molecule has 2 rings (SSSR count). The van der Waals surface area contributed by atoms with E-state index < -0.39 is 0 Å². The predicted molar refractivity (Wildman–Crippen MR) is 70.2 cm³/mol. The zero-order valence-electron chi connectivity index (χ0n) is 9.10. The van der Waals surface area contributed by atoms with Crippen LogP contribution < -0.4 is 4.74 Å². The van der Waals surface area contributed by atoms with E-state index in [0.717, 1.165) is 10.0 Å². The minimum Gasteiger partial charge on any atom is -0.483 e. The van der Waals surface area contributed by atoms with Crippen LogP contribution in [0.25, 0.3) is 0 Å². The predicted octanol–water partition coefficient (Wildman–Crippen LogP) is 4.03. The minimum atomic E-state index is -0.128. The van der Waals surface area contributed by atoms with Crippen molar-refractivity contribution in [1.82, 2.24) is 9.97 Å². The molecule has 2 aromatic rings. The molecule has 0 aliphatic heterocycles. The highest BCUT2D eigenvalue weighted by molar-refractivity contribution is 9.10. The third kappa shape index (κ3) is 3.17. The molecular weight excluding hydrogens is 304 g/mol. The Morgan fingerprint density at radius 1 is 1.41 bits per heavy atom. The first kappa shape index (κ1) is 12.3. The molecular formula is C12H10BrClN2O. The third-order valence-electron chi connectivity index (χ3n) is 2.23. The van der Waals surface area contributed by atoms with Gasteiger partial charge in [-0.15, -0.1) is 0 Å². The number of rotatable bonds is 3. The van der Waals surface area contributed by atoms with Crippen LogP contribution in [-0.2, 0) is 0 Å². The molecule has 0 aromatic carbocycles. The van der Waals surface area contributed by atoms with E-state index in [1.54, 1.807) is 24.7 Å². The van der Waals surface area contributed by atoms with Gasteiger partial charge in [-0.25, -0.2) is 4.98 Å². The van der Waals surface area contributed by atoms with E-state index in [9.17, 15) is 0 Å². The summed E-state index contributed by atoms with van der Waals surface area (Å²) < 4.78 is 6.58. The first-order valence-electron chi connectivity index (χ1n) is 5.04. The Hall–Kier alpha value is -1.13. The lowest BCUT2D eigenvalue weighted by molar-refractivity contribution is 0.225. The number of ether oxygens (including phenoxy) is 1. The van der Waals surface area contributed by atoms with Crippen LogP contribution in [0.2, 0.25) is 5.15 Å². The molecule has 0 saturated carbocycles. The highest BCUT2D eigenvalue weighted by Gasteiger charge is 2.10. The lowest BCUT2D eigenvalue weighted by Gasteiger charge is -2.15. The molecule has 2 aromatic heterocycles. The normalized spacial score (nSPS) is 12.2. The smallest absolute Gasteiger partial charge is 0.171 e. The molecule has 88 valence electrons. The van der Waals surface area contributed by atoms with Gasteiger partial charge in [-0.2, -0.15) is 0 Å². The molecule has 17 heavy (non-hydrogen) atoms. The molecule has 3 nitrogen and oxygen atoms in total. The fourth-order valence-electron chi connectivity index (χ4n) is 1.36. The number of nitrogens with zero attached hydrogens (tertiary/aromatic N) is 2. The highest BCUT2D eigenvalue weighted by Crippen LogP contribution is 2.29. The summed E-state index contributed by atoms with van der Waals surface area (Å²) in [4.78, 5) is 8.05. The largest absolute Gasteiger partial charge is 0.483 e. The summed E-state index contributed by atoms with van der Waals surface area (Å²) in [6, 6.07) is 5.62. The molecule has 1 atom stereocenters. The number of pyridine rings is 2. The number of hydrogen-bond acceptors (Lipinski definition) is 3. The van der Waals surface area contributed by atoms with Crippen molar-refractivity contribution in [2.45, 2.75) is 13.0 Å². The average Bonchev–Trinajstić information content (AvgIpc) is 2.35. The molecule has 0 saturated heterocycles. The van der Waals surface area contributed by atoms with Crippen molar-refractivity contribution >= 4 is 27.5 Å². The maximum Gasteiger partial charge on any atom is 0.171 e. The fraction of sp³-hybridized carbons (Fsp3) is 0.167. The summed E-state index contributed by atoms with van der Waals surface area (Å²) in [7, 11) is 0. The standard InChI is InChI=1S/C12H10BrClN2O/c1-8(9-3-2-4-15-6-9)17-11-5-10(13)7-16-12(11)14/h2-8H,1H3. The third-order valence-corrected chi connectivity index (χ3v) is 2.95. The maximum atomic E-state index is 5.96. The van der Waals surface area contributed by atoms with Crippen molar-refractivity contribution in [3.63, 3.8) is 0 Å². The van der Waals surface area contributed by atoms with Gasteiger partial charge in [-0.1, -0.05) is 17.7 Å². The number of halogens is 2. The Labute approximate surface area is 113 Å². The number of hydrogen-bond donors (Lipinski definition) is 0. The Morgan fingerprint density at radius 2 is 2.24 bits per heavy atom. The second-order valence-corrected chi connectivity index (χ2v) is 4.76. The van der Waals surface area contributed by atoms with Crippen LogP contribution in [0.1, 0.15) is 18.6 Å². The molecule has 0 amide bonds. The minimum absolute atomic E-state index is 0.128. The molecule has 0 aliphatic carbocycles. The summed E-state index contributed by atoms with van der Waals surface area (Å²) in [5.41, 5.74) is 0.989. The van der Waals surface area contributed by atoms with E-state index in [4.69, 9.17) is 16.3 Å². The Bertz CT molecular complexity index is 507. The molecule has 0 fully saturated rings. The Morgan fingerprint density at radius 3 is 2.94 bits per heavy atom. The summed E-state index contributed by atoms with van der Waals surface area (Å²) in [5.74, 6) is 0.553. The Kier molecular flexibility index (Phi) is 3.97. The molecule has 0 aliphatic rings. The SMILES string of the molecule is CC(Oc1cc(Br)cnc1Cl)c1cccnc1.